The van der Waals surface area contributed by atoms with Gasteiger partial charge in [0.25, 0.3) is 0 Å². The number of hydrogen-bond donors (Lipinski definition) is 0. The molecule has 0 amide bonds. The van der Waals surface area contributed by atoms with Gasteiger partial charge in [-0.1, -0.05) is 11.8 Å². The lowest BCUT2D eigenvalue weighted by Crippen LogP contribution is -1.92. The molecule has 0 fully saturated rings. The summed E-state index contributed by atoms with van der Waals surface area (Å²) >= 11 is 5.19. The molecule has 68 valence electrons. The Morgan fingerprint density at radius 2 is 1.69 bits per heavy atom. The van der Waals surface area contributed by atoms with E-state index >= 15 is 0 Å². The van der Waals surface area contributed by atoms with Gasteiger partial charge in [0.15, 0.2) is 0 Å². The van der Waals surface area contributed by atoms with Crippen LogP contribution in [0.4, 0.5) is 13.2 Å². The van der Waals surface area contributed by atoms with Gasteiger partial charge in [-0.2, -0.15) is 0 Å². The van der Waals surface area contributed by atoms with Gasteiger partial charge in [0.2, 0.25) is 0 Å². The number of alkyl halides is 1. The summed E-state index contributed by atoms with van der Waals surface area (Å²) in [5.41, 5.74) is -0.456. The molecule has 13 heavy (non-hydrogen) atoms. The predicted octanol–water partition coefficient (Wildman–Crippen LogP) is 2.69. The fourth-order valence-corrected chi connectivity index (χ4v) is 0.850. The SMILES string of the molecule is Fc1cc(F)c(C#CCCl)c(F)c1. The smallest absolute Gasteiger partial charge is 0.144 e. The third-order valence-corrected chi connectivity index (χ3v) is 1.42. The van der Waals surface area contributed by atoms with Gasteiger partial charge in [-0.25, -0.2) is 13.2 Å². The van der Waals surface area contributed by atoms with Gasteiger partial charge >= 0.3 is 0 Å². The summed E-state index contributed by atoms with van der Waals surface area (Å²) in [6, 6.07) is 1.14. The van der Waals surface area contributed by atoms with Crippen LogP contribution >= 0.6 is 11.6 Å². The maximum absolute atomic E-state index is 12.8. The lowest BCUT2D eigenvalue weighted by atomic mass is 10.2. The maximum Gasteiger partial charge on any atom is 0.144 e. The lowest BCUT2D eigenvalue weighted by Gasteiger charge is -1.96. The van der Waals surface area contributed by atoms with Crippen molar-refractivity contribution in [2.75, 3.05) is 5.88 Å². The van der Waals surface area contributed by atoms with Gasteiger partial charge in [0.05, 0.1) is 11.4 Å². The number of benzene rings is 1. The van der Waals surface area contributed by atoms with Gasteiger partial charge < -0.3 is 0 Å². The van der Waals surface area contributed by atoms with Gasteiger partial charge in [0, 0.05) is 12.1 Å². The molecule has 1 aromatic carbocycles. The summed E-state index contributed by atoms with van der Waals surface area (Å²) in [5.74, 6) is 1.40. The Hall–Kier alpha value is -1.14. The average Bonchev–Trinajstić information content (AvgIpc) is 2.02. The molecule has 0 bridgehead atoms. The van der Waals surface area contributed by atoms with Crippen molar-refractivity contribution >= 4 is 11.6 Å². The zero-order valence-electron chi connectivity index (χ0n) is 6.37. The van der Waals surface area contributed by atoms with Crippen molar-refractivity contribution in [2.45, 2.75) is 0 Å². The van der Waals surface area contributed by atoms with Crippen LogP contribution in [0.5, 0.6) is 0 Å². The molecule has 0 heterocycles. The van der Waals surface area contributed by atoms with Crippen LogP contribution in [-0.2, 0) is 0 Å². The van der Waals surface area contributed by atoms with Crippen LogP contribution < -0.4 is 0 Å². The van der Waals surface area contributed by atoms with E-state index in [-0.39, 0.29) is 5.88 Å². The van der Waals surface area contributed by atoms with Crippen molar-refractivity contribution in [2.24, 2.45) is 0 Å². The normalized spacial score (nSPS) is 9.23. The van der Waals surface area contributed by atoms with Gasteiger partial charge in [-0.05, 0) is 0 Å². The second-order valence-corrected chi connectivity index (χ2v) is 2.45. The van der Waals surface area contributed by atoms with Crippen molar-refractivity contribution in [1.82, 2.24) is 0 Å². The largest absolute Gasteiger partial charge is 0.207 e. The highest BCUT2D eigenvalue weighted by molar-refractivity contribution is 6.19. The van der Waals surface area contributed by atoms with Crippen LogP contribution in [0.2, 0.25) is 0 Å². The summed E-state index contributed by atoms with van der Waals surface area (Å²) < 4.78 is 38.0. The van der Waals surface area contributed by atoms with Crippen molar-refractivity contribution in [3.05, 3.63) is 35.1 Å². The molecule has 0 saturated carbocycles. The van der Waals surface area contributed by atoms with E-state index in [0.717, 1.165) is 0 Å². The van der Waals surface area contributed by atoms with E-state index < -0.39 is 23.0 Å². The van der Waals surface area contributed by atoms with E-state index in [4.69, 9.17) is 11.6 Å². The first kappa shape index (κ1) is 9.94. The molecule has 0 radical (unpaired) electrons. The fourth-order valence-electron chi connectivity index (χ4n) is 0.783. The lowest BCUT2D eigenvalue weighted by molar-refractivity contribution is 0.539. The van der Waals surface area contributed by atoms with Crippen LogP contribution in [0.25, 0.3) is 0 Å². The zero-order chi connectivity index (χ0) is 9.84. The van der Waals surface area contributed by atoms with Crippen LogP contribution in [0.15, 0.2) is 12.1 Å². The quantitative estimate of drug-likeness (QED) is 0.450. The highest BCUT2D eigenvalue weighted by Gasteiger charge is 2.08. The first-order valence-corrected chi connectivity index (χ1v) is 3.88. The highest BCUT2D eigenvalue weighted by Crippen LogP contribution is 2.13. The number of hydrogen-bond acceptors (Lipinski definition) is 0. The van der Waals surface area contributed by atoms with Crippen molar-refractivity contribution in [3.63, 3.8) is 0 Å². The van der Waals surface area contributed by atoms with Crippen molar-refractivity contribution in [1.29, 1.82) is 0 Å². The molecule has 0 aliphatic heterocycles. The van der Waals surface area contributed by atoms with Crippen LogP contribution in [0.3, 0.4) is 0 Å². The summed E-state index contributed by atoms with van der Waals surface area (Å²) in [6.45, 7) is 0. The number of rotatable bonds is 0. The summed E-state index contributed by atoms with van der Waals surface area (Å²) in [4.78, 5) is 0. The van der Waals surface area contributed by atoms with Crippen molar-refractivity contribution < 1.29 is 13.2 Å². The zero-order valence-corrected chi connectivity index (χ0v) is 7.13. The Kier molecular flexibility index (Phi) is 3.21. The van der Waals surface area contributed by atoms with Crippen LogP contribution in [0.1, 0.15) is 5.56 Å². The molecule has 0 saturated heterocycles. The average molecular weight is 205 g/mol. The van der Waals surface area contributed by atoms with E-state index in [1.54, 1.807) is 0 Å². The summed E-state index contributed by atoms with van der Waals surface area (Å²) in [7, 11) is 0. The third kappa shape index (κ3) is 2.40. The molecule has 0 N–H and O–H groups in total. The Balaban J connectivity index is 3.21. The molecule has 4 heteroatoms. The minimum Gasteiger partial charge on any atom is -0.207 e. The molecule has 0 aromatic heterocycles. The van der Waals surface area contributed by atoms with Gasteiger partial charge in [-0.3, -0.25) is 0 Å². The molecule has 1 aromatic rings. The Morgan fingerprint density at radius 3 is 2.15 bits per heavy atom. The first-order chi connectivity index (χ1) is 6.15. The molecular weight excluding hydrogens is 201 g/mol. The van der Waals surface area contributed by atoms with Crippen molar-refractivity contribution in [3.8, 4) is 11.8 Å². The van der Waals surface area contributed by atoms with E-state index in [0.29, 0.717) is 12.1 Å². The topological polar surface area (TPSA) is 0 Å². The Labute approximate surface area is 78.3 Å². The molecular formula is C9H4ClF3. The van der Waals surface area contributed by atoms with Gasteiger partial charge in [0.1, 0.15) is 17.5 Å². The minimum absolute atomic E-state index is 0.0315. The Bertz CT molecular complexity index is 353. The maximum atomic E-state index is 12.8. The van der Waals surface area contributed by atoms with E-state index in [9.17, 15) is 13.2 Å². The Morgan fingerprint density at radius 1 is 1.15 bits per heavy atom. The van der Waals surface area contributed by atoms with E-state index in [2.05, 4.69) is 11.8 Å². The van der Waals surface area contributed by atoms with E-state index in [1.807, 2.05) is 0 Å². The van der Waals surface area contributed by atoms with Crippen LogP contribution in [-0.4, -0.2) is 5.88 Å². The van der Waals surface area contributed by atoms with E-state index in [1.165, 1.54) is 0 Å². The monoisotopic (exact) mass is 204 g/mol. The molecule has 0 spiro atoms. The fraction of sp³-hybridized carbons (Fsp3) is 0.111. The molecule has 0 atom stereocenters. The highest BCUT2D eigenvalue weighted by atomic mass is 35.5. The summed E-state index contributed by atoms with van der Waals surface area (Å²) in [6.07, 6.45) is 0. The number of halogens is 4. The predicted molar refractivity (Wildman–Crippen MR) is 43.9 cm³/mol. The second kappa shape index (κ2) is 4.20. The molecule has 1 rings (SSSR count). The minimum atomic E-state index is -1.02. The molecule has 0 aliphatic carbocycles. The molecule has 0 aliphatic rings. The second-order valence-electron chi connectivity index (χ2n) is 2.18. The van der Waals surface area contributed by atoms with Gasteiger partial charge in [-0.15, -0.1) is 11.6 Å². The molecule has 0 nitrogen and oxygen atoms in total. The van der Waals surface area contributed by atoms with Crippen LogP contribution in [0, 0.1) is 29.3 Å². The summed E-state index contributed by atoms with van der Waals surface area (Å²) in [5, 5.41) is 0. The third-order valence-electron chi connectivity index (χ3n) is 1.29. The standard InChI is InChI=1S/C9H4ClF3/c10-3-1-2-7-8(12)4-6(11)5-9(7)13/h4-5H,3H2. The molecule has 0 unspecified atom stereocenters. The first-order valence-electron chi connectivity index (χ1n) is 3.34.